The molecule has 3 rings (SSSR count). The van der Waals surface area contributed by atoms with E-state index in [0.29, 0.717) is 16.3 Å². The summed E-state index contributed by atoms with van der Waals surface area (Å²) in [6, 6.07) is 8.16. The van der Waals surface area contributed by atoms with Crippen molar-refractivity contribution in [2.75, 3.05) is 0 Å². The molecule has 2 aromatic heterocycles. The summed E-state index contributed by atoms with van der Waals surface area (Å²) in [5.41, 5.74) is 2.06. The van der Waals surface area contributed by atoms with E-state index in [9.17, 15) is 4.79 Å². The SMILES string of the molecule is C/C=c1/c(=O)[nH]c(Oc2ccc3cc(C)n(C)c3c2)n/c1=C/CC. The van der Waals surface area contributed by atoms with E-state index in [1.165, 1.54) is 5.69 Å². The van der Waals surface area contributed by atoms with Crippen molar-refractivity contribution in [1.82, 2.24) is 14.5 Å². The molecule has 0 saturated carbocycles. The summed E-state index contributed by atoms with van der Waals surface area (Å²) >= 11 is 0. The van der Waals surface area contributed by atoms with Gasteiger partial charge in [-0.05, 0) is 38.5 Å². The number of nitrogens with zero attached hydrogens (tertiary/aromatic N) is 2. The maximum atomic E-state index is 12.2. The Hall–Kier alpha value is -2.82. The third-order valence-electron chi connectivity index (χ3n) is 4.12. The molecule has 0 amide bonds. The Balaban J connectivity index is 2.07. The zero-order valence-corrected chi connectivity index (χ0v) is 14.4. The smallest absolute Gasteiger partial charge is 0.302 e. The van der Waals surface area contributed by atoms with Gasteiger partial charge in [-0.1, -0.05) is 19.1 Å². The summed E-state index contributed by atoms with van der Waals surface area (Å²) in [7, 11) is 2.02. The molecule has 0 radical (unpaired) electrons. The predicted molar refractivity (Wildman–Crippen MR) is 96.7 cm³/mol. The molecule has 0 unspecified atom stereocenters. The number of nitrogens with one attached hydrogen (secondary N) is 1. The Labute approximate surface area is 139 Å². The maximum absolute atomic E-state index is 12.2. The Morgan fingerprint density at radius 1 is 1.33 bits per heavy atom. The largest absolute Gasteiger partial charge is 0.425 e. The van der Waals surface area contributed by atoms with Crippen molar-refractivity contribution in [1.29, 1.82) is 0 Å². The molecular weight excluding hydrogens is 302 g/mol. The topological polar surface area (TPSA) is 59.9 Å². The van der Waals surface area contributed by atoms with Gasteiger partial charge < -0.3 is 9.30 Å². The lowest BCUT2D eigenvalue weighted by molar-refractivity contribution is 0.438. The van der Waals surface area contributed by atoms with Crippen LogP contribution in [0.4, 0.5) is 0 Å². The van der Waals surface area contributed by atoms with Crippen LogP contribution in [0, 0.1) is 6.92 Å². The lowest BCUT2D eigenvalue weighted by Crippen LogP contribution is -2.42. The molecule has 0 saturated heterocycles. The molecule has 124 valence electrons. The summed E-state index contributed by atoms with van der Waals surface area (Å²) < 4.78 is 7.91. The minimum absolute atomic E-state index is 0.196. The number of H-pyrrole nitrogens is 1. The minimum Gasteiger partial charge on any atom is -0.425 e. The number of hydrogen-bond donors (Lipinski definition) is 1. The highest BCUT2D eigenvalue weighted by molar-refractivity contribution is 5.82. The van der Waals surface area contributed by atoms with Gasteiger partial charge in [0.2, 0.25) is 0 Å². The number of rotatable bonds is 3. The summed E-state index contributed by atoms with van der Waals surface area (Å²) in [4.78, 5) is 19.3. The molecule has 0 spiro atoms. The number of benzene rings is 1. The molecule has 0 aliphatic heterocycles. The number of hydrogen-bond acceptors (Lipinski definition) is 3. The van der Waals surface area contributed by atoms with Crippen molar-refractivity contribution in [2.24, 2.45) is 7.05 Å². The monoisotopic (exact) mass is 323 g/mol. The Bertz CT molecular complexity index is 1070. The van der Waals surface area contributed by atoms with Gasteiger partial charge in [-0.3, -0.25) is 9.78 Å². The van der Waals surface area contributed by atoms with Crippen molar-refractivity contribution in [3.8, 4) is 11.8 Å². The molecular formula is C19H21N3O2. The van der Waals surface area contributed by atoms with Crippen LogP contribution < -0.4 is 20.9 Å². The molecule has 0 bridgehead atoms. The average molecular weight is 323 g/mol. The first-order valence-electron chi connectivity index (χ1n) is 8.04. The highest BCUT2D eigenvalue weighted by Gasteiger charge is 2.07. The van der Waals surface area contributed by atoms with Gasteiger partial charge in [0.05, 0.1) is 16.1 Å². The molecule has 5 nitrogen and oxygen atoms in total. The lowest BCUT2D eigenvalue weighted by atomic mass is 10.2. The molecule has 0 atom stereocenters. The van der Waals surface area contributed by atoms with Crippen LogP contribution in [0.15, 0.2) is 29.1 Å². The van der Waals surface area contributed by atoms with Gasteiger partial charge in [0.15, 0.2) is 0 Å². The van der Waals surface area contributed by atoms with Crippen molar-refractivity contribution < 1.29 is 4.74 Å². The molecule has 2 heterocycles. The molecule has 1 aromatic carbocycles. The fraction of sp³-hybridized carbons (Fsp3) is 0.263. The van der Waals surface area contributed by atoms with E-state index in [-0.39, 0.29) is 11.6 Å². The van der Waals surface area contributed by atoms with Crippen LogP contribution in [0.2, 0.25) is 0 Å². The van der Waals surface area contributed by atoms with Crippen LogP contribution in [0.3, 0.4) is 0 Å². The number of aromatic amines is 1. The van der Waals surface area contributed by atoms with E-state index in [1.54, 1.807) is 6.08 Å². The number of aromatic nitrogens is 3. The number of aryl methyl sites for hydroxylation is 2. The molecule has 1 N–H and O–H groups in total. The van der Waals surface area contributed by atoms with Gasteiger partial charge in [-0.15, -0.1) is 0 Å². The standard InChI is InChI=1S/C19H21N3O2/c1-5-7-16-15(6-2)18(23)21-19(20-16)24-14-9-8-13-10-12(3)22(4)17(13)11-14/h6-11H,5H2,1-4H3,(H,20,21,23)/b15-6+,16-7+. The Morgan fingerprint density at radius 3 is 2.83 bits per heavy atom. The second kappa shape index (κ2) is 6.35. The summed E-state index contributed by atoms with van der Waals surface area (Å²) in [5, 5.41) is 2.37. The highest BCUT2D eigenvalue weighted by atomic mass is 16.5. The van der Waals surface area contributed by atoms with Gasteiger partial charge in [0.25, 0.3) is 5.56 Å². The van der Waals surface area contributed by atoms with Crippen LogP contribution in [0.25, 0.3) is 23.1 Å². The fourth-order valence-corrected chi connectivity index (χ4v) is 2.78. The van der Waals surface area contributed by atoms with E-state index < -0.39 is 0 Å². The molecule has 5 heteroatoms. The van der Waals surface area contributed by atoms with Crippen molar-refractivity contribution in [3.63, 3.8) is 0 Å². The highest BCUT2D eigenvalue weighted by Crippen LogP contribution is 2.25. The van der Waals surface area contributed by atoms with E-state index in [2.05, 4.69) is 27.5 Å². The normalized spacial score (nSPS) is 13.0. The van der Waals surface area contributed by atoms with Crippen LogP contribution in [0.5, 0.6) is 11.8 Å². The van der Waals surface area contributed by atoms with Gasteiger partial charge >= 0.3 is 6.01 Å². The summed E-state index contributed by atoms with van der Waals surface area (Å²) in [6.45, 7) is 5.90. The zero-order valence-electron chi connectivity index (χ0n) is 14.4. The quantitative estimate of drug-likeness (QED) is 0.805. The van der Waals surface area contributed by atoms with E-state index in [4.69, 9.17) is 4.74 Å². The third kappa shape index (κ3) is 2.85. The van der Waals surface area contributed by atoms with Crippen LogP contribution in [-0.4, -0.2) is 14.5 Å². The Morgan fingerprint density at radius 2 is 2.12 bits per heavy atom. The first-order chi connectivity index (χ1) is 11.5. The first-order valence-corrected chi connectivity index (χ1v) is 8.04. The third-order valence-corrected chi connectivity index (χ3v) is 4.12. The molecule has 24 heavy (non-hydrogen) atoms. The zero-order chi connectivity index (χ0) is 17.3. The number of ether oxygens (including phenoxy) is 1. The second-order valence-corrected chi connectivity index (χ2v) is 5.74. The van der Waals surface area contributed by atoms with Crippen molar-refractivity contribution >= 4 is 23.1 Å². The van der Waals surface area contributed by atoms with Gasteiger partial charge in [-0.2, -0.15) is 4.98 Å². The van der Waals surface area contributed by atoms with Crippen LogP contribution in [-0.2, 0) is 7.05 Å². The first kappa shape index (κ1) is 16.1. The van der Waals surface area contributed by atoms with Gasteiger partial charge in [0.1, 0.15) is 5.75 Å². The van der Waals surface area contributed by atoms with Crippen LogP contribution >= 0.6 is 0 Å². The molecule has 0 fully saturated rings. The Kier molecular flexibility index (Phi) is 4.25. The van der Waals surface area contributed by atoms with E-state index in [0.717, 1.165) is 17.3 Å². The van der Waals surface area contributed by atoms with E-state index in [1.807, 2.05) is 45.2 Å². The molecule has 0 aliphatic carbocycles. The maximum Gasteiger partial charge on any atom is 0.302 e. The fourth-order valence-electron chi connectivity index (χ4n) is 2.78. The average Bonchev–Trinajstić information content (AvgIpc) is 2.82. The predicted octanol–water partition coefficient (Wildman–Crippen LogP) is 2.35. The second-order valence-electron chi connectivity index (χ2n) is 5.74. The molecule has 3 aromatic rings. The van der Waals surface area contributed by atoms with Gasteiger partial charge in [0, 0.05) is 24.2 Å². The molecule has 0 aliphatic rings. The number of fused-ring (bicyclic) bond motifs is 1. The summed E-state index contributed by atoms with van der Waals surface area (Å²) in [6.07, 6.45) is 4.47. The van der Waals surface area contributed by atoms with Crippen molar-refractivity contribution in [2.45, 2.75) is 27.2 Å². The van der Waals surface area contributed by atoms with E-state index >= 15 is 0 Å². The van der Waals surface area contributed by atoms with Crippen LogP contribution in [0.1, 0.15) is 26.0 Å². The van der Waals surface area contributed by atoms with Gasteiger partial charge in [-0.25, -0.2) is 0 Å². The summed E-state index contributed by atoms with van der Waals surface area (Å²) in [5.74, 6) is 0.641. The van der Waals surface area contributed by atoms with Crippen molar-refractivity contribution in [3.05, 3.63) is 50.9 Å². The minimum atomic E-state index is -0.196. The lowest BCUT2D eigenvalue weighted by Gasteiger charge is -2.06.